The monoisotopic (exact) mass is 392 g/mol. The van der Waals surface area contributed by atoms with Crippen molar-refractivity contribution in [1.82, 2.24) is 29.4 Å². The molecule has 1 fully saturated rings. The van der Waals surface area contributed by atoms with Gasteiger partial charge in [0, 0.05) is 37.5 Å². The van der Waals surface area contributed by atoms with Crippen molar-refractivity contribution in [2.24, 2.45) is 7.05 Å². The molecule has 1 atom stereocenters. The number of nitrogens with zero attached hydrogens (tertiary/aromatic N) is 7. The zero-order chi connectivity index (χ0) is 20.1. The van der Waals surface area contributed by atoms with Crippen LogP contribution in [0.15, 0.2) is 24.3 Å². The highest BCUT2D eigenvalue weighted by molar-refractivity contribution is 5.95. The van der Waals surface area contributed by atoms with Crippen molar-refractivity contribution >= 4 is 28.3 Å². The van der Waals surface area contributed by atoms with Crippen LogP contribution < -0.4 is 15.4 Å². The van der Waals surface area contributed by atoms with Crippen molar-refractivity contribution in [3.8, 4) is 5.75 Å². The lowest BCUT2D eigenvalue weighted by Crippen LogP contribution is -2.36. The summed E-state index contributed by atoms with van der Waals surface area (Å²) < 4.78 is 9.02. The molecule has 1 aliphatic rings. The molecule has 1 aromatic carbocycles. The Morgan fingerprint density at radius 2 is 2.07 bits per heavy atom. The SMILES string of the molecule is COc1cccc2c1nc(N)n1nc([C@@H]3CCCN(c4cc(C)nn4C)C3)nc21. The second-order valence-corrected chi connectivity index (χ2v) is 7.58. The summed E-state index contributed by atoms with van der Waals surface area (Å²) in [6, 6.07) is 7.91. The number of methoxy groups -OCH3 is 1. The molecule has 5 rings (SSSR count). The first-order valence-electron chi connectivity index (χ1n) is 9.79. The van der Waals surface area contributed by atoms with Gasteiger partial charge < -0.3 is 15.4 Å². The highest BCUT2D eigenvalue weighted by Gasteiger charge is 2.27. The van der Waals surface area contributed by atoms with Gasteiger partial charge in [-0.2, -0.15) is 9.61 Å². The highest BCUT2D eigenvalue weighted by atomic mass is 16.5. The summed E-state index contributed by atoms with van der Waals surface area (Å²) in [4.78, 5) is 11.7. The van der Waals surface area contributed by atoms with Gasteiger partial charge in [0.15, 0.2) is 11.5 Å². The molecule has 0 spiro atoms. The summed E-state index contributed by atoms with van der Waals surface area (Å²) in [7, 11) is 3.61. The van der Waals surface area contributed by atoms with Crippen LogP contribution in [0.25, 0.3) is 16.6 Å². The Morgan fingerprint density at radius 1 is 1.21 bits per heavy atom. The largest absolute Gasteiger partial charge is 0.494 e. The lowest BCUT2D eigenvalue weighted by Gasteiger charge is -2.32. The number of piperidine rings is 1. The zero-order valence-corrected chi connectivity index (χ0v) is 16.8. The minimum Gasteiger partial charge on any atom is -0.494 e. The summed E-state index contributed by atoms with van der Waals surface area (Å²) >= 11 is 0. The van der Waals surface area contributed by atoms with E-state index in [9.17, 15) is 0 Å². The van der Waals surface area contributed by atoms with Crippen LogP contribution in [0.4, 0.5) is 11.8 Å². The first-order chi connectivity index (χ1) is 14.0. The number of ether oxygens (including phenoxy) is 1. The number of aromatic nitrogens is 6. The smallest absolute Gasteiger partial charge is 0.223 e. The van der Waals surface area contributed by atoms with Crippen molar-refractivity contribution in [2.45, 2.75) is 25.7 Å². The van der Waals surface area contributed by atoms with Crippen LogP contribution in [-0.2, 0) is 7.05 Å². The molecule has 0 aliphatic carbocycles. The summed E-state index contributed by atoms with van der Waals surface area (Å²) in [6.45, 7) is 3.88. The molecular formula is C20H24N8O. The lowest BCUT2D eigenvalue weighted by molar-refractivity contribution is 0.419. The number of nitrogens with two attached hydrogens (primary N) is 1. The fraction of sp³-hybridized carbons (Fsp3) is 0.400. The van der Waals surface area contributed by atoms with Crippen LogP contribution in [-0.4, -0.2) is 49.6 Å². The number of hydrogen-bond acceptors (Lipinski definition) is 7. The van der Waals surface area contributed by atoms with Gasteiger partial charge in [0.2, 0.25) is 5.95 Å². The fourth-order valence-electron chi connectivity index (χ4n) is 4.27. The van der Waals surface area contributed by atoms with E-state index in [2.05, 4.69) is 21.0 Å². The zero-order valence-electron chi connectivity index (χ0n) is 16.8. The van der Waals surface area contributed by atoms with E-state index in [1.54, 1.807) is 11.6 Å². The molecule has 3 aromatic heterocycles. The molecule has 0 radical (unpaired) electrons. The Kier molecular flexibility index (Phi) is 4.04. The number of nitrogen functional groups attached to an aromatic ring is 1. The van der Waals surface area contributed by atoms with E-state index in [0.717, 1.165) is 54.3 Å². The average Bonchev–Trinajstić information content (AvgIpc) is 3.32. The molecule has 1 aliphatic heterocycles. The Hall–Kier alpha value is -3.36. The van der Waals surface area contributed by atoms with E-state index >= 15 is 0 Å². The van der Waals surface area contributed by atoms with Gasteiger partial charge >= 0.3 is 0 Å². The predicted molar refractivity (Wildman–Crippen MR) is 111 cm³/mol. The first kappa shape index (κ1) is 17.7. The lowest BCUT2D eigenvalue weighted by atomic mass is 9.97. The van der Waals surface area contributed by atoms with E-state index in [1.165, 1.54) is 0 Å². The Labute approximate surface area is 168 Å². The highest BCUT2D eigenvalue weighted by Crippen LogP contribution is 2.31. The van der Waals surface area contributed by atoms with Gasteiger partial charge in [-0.3, -0.25) is 4.68 Å². The van der Waals surface area contributed by atoms with Crippen LogP contribution in [0.5, 0.6) is 5.75 Å². The second kappa shape index (κ2) is 6.61. The van der Waals surface area contributed by atoms with E-state index in [-0.39, 0.29) is 5.92 Å². The summed E-state index contributed by atoms with van der Waals surface area (Å²) in [6.07, 6.45) is 2.12. The average molecular weight is 392 g/mol. The normalized spacial score (nSPS) is 17.3. The molecule has 9 nitrogen and oxygen atoms in total. The summed E-state index contributed by atoms with van der Waals surface area (Å²) in [5, 5.41) is 10.1. The van der Waals surface area contributed by atoms with Crippen LogP contribution >= 0.6 is 0 Å². The van der Waals surface area contributed by atoms with Crippen molar-refractivity contribution in [1.29, 1.82) is 0 Å². The third-order valence-electron chi connectivity index (χ3n) is 5.61. The van der Waals surface area contributed by atoms with E-state index in [0.29, 0.717) is 17.2 Å². The molecule has 0 amide bonds. The van der Waals surface area contributed by atoms with Gasteiger partial charge in [-0.25, -0.2) is 9.97 Å². The maximum atomic E-state index is 6.20. The minimum absolute atomic E-state index is 0.221. The van der Waals surface area contributed by atoms with Crippen LogP contribution in [0.1, 0.15) is 30.3 Å². The Bertz CT molecular complexity index is 1210. The van der Waals surface area contributed by atoms with Gasteiger partial charge in [0.1, 0.15) is 17.1 Å². The molecule has 4 aromatic rings. The number of aryl methyl sites for hydroxylation is 2. The molecule has 0 unspecified atom stereocenters. The third kappa shape index (κ3) is 2.84. The maximum absolute atomic E-state index is 6.20. The Balaban J connectivity index is 1.56. The topological polar surface area (TPSA) is 99.4 Å². The van der Waals surface area contributed by atoms with Crippen molar-refractivity contribution in [2.75, 3.05) is 30.8 Å². The van der Waals surface area contributed by atoms with Crippen molar-refractivity contribution in [3.63, 3.8) is 0 Å². The quantitative estimate of drug-likeness (QED) is 0.571. The first-order valence-corrected chi connectivity index (χ1v) is 9.79. The van der Waals surface area contributed by atoms with Gasteiger partial charge in [0.05, 0.1) is 12.8 Å². The maximum Gasteiger partial charge on any atom is 0.223 e. The number of hydrogen-bond donors (Lipinski definition) is 1. The predicted octanol–water partition coefficient (Wildman–Crippen LogP) is 2.29. The fourth-order valence-corrected chi connectivity index (χ4v) is 4.27. The van der Waals surface area contributed by atoms with Gasteiger partial charge in [0.25, 0.3) is 0 Å². The molecule has 4 heterocycles. The number of benzene rings is 1. The standard InChI is InChI=1S/C20H24N8O/c1-12-10-16(26(2)24-12)27-9-5-6-13(11-27)18-23-19-14-7-4-8-15(29-3)17(14)22-20(21)28(19)25-18/h4,7-8,10,13H,5-6,9,11H2,1-3H3,(H2,21,22)/t13-/m1/s1. The summed E-state index contributed by atoms with van der Waals surface area (Å²) in [5.74, 6) is 3.14. The summed E-state index contributed by atoms with van der Waals surface area (Å²) in [5.41, 5.74) is 8.65. The molecule has 0 bridgehead atoms. The number of rotatable bonds is 3. The van der Waals surface area contributed by atoms with Gasteiger partial charge in [-0.05, 0) is 31.9 Å². The molecular weight excluding hydrogens is 368 g/mol. The number of fused-ring (bicyclic) bond motifs is 3. The number of para-hydroxylation sites is 1. The van der Waals surface area contributed by atoms with Crippen molar-refractivity contribution in [3.05, 3.63) is 35.8 Å². The minimum atomic E-state index is 0.221. The molecule has 0 saturated carbocycles. The van der Waals surface area contributed by atoms with Gasteiger partial charge in [-0.1, -0.05) is 6.07 Å². The van der Waals surface area contributed by atoms with E-state index in [4.69, 9.17) is 20.6 Å². The van der Waals surface area contributed by atoms with E-state index < -0.39 is 0 Å². The molecule has 9 heteroatoms. The second-order valence-electron chi connectivity index (χ2n) is 7.58. The molecule has 150 valence electrons. The Morgan fingerprint density at radius 3 is 2.83 bits per heavy atom. The van der Waals surface area contributed by atoms with E-state index in [1.807, 2.05) is 36.9 Å². The van der Waals surface area contributed by atoms with Gasteiger partial charge in [-0.15, -0.1) is 5.10 Å². The third-order valence-corrected chi connectivity index (χ3v) is 5.61. The molecule has 1 saturated heterocycles. The molecule has 2 N–H and O–H groups in total. The number of anilines is 2. The van der Waals surface area contributed by atoms with Crippen LogP contribution in [0, 0.1) is 6.92 Å². The van der Waals surface area contributed by atoms with Crippen LogP contribution in [0.2, 0.25) is 0 Å². The molecule has 29 heavy (non-hydrogen) atoms. The van der Waals surface area contributed by atoms with Crippen LogP contribution in [0.3, 0.4) is 0 Å². The van der Waals surface area contributed by atoms with Crippen molar-refractivity contribution < 1.29 is 4.74 Å².